The predicted molar refractivity (Wildman–Crippen MR) is 76.4 cm³/mol. The van der Waals surface area contributed by atoms with Crippen LogP contribution in [0.3, 0.4) is 0 Å². The van der Waals surface area contributed by atoms with E-state index in [0.717, 1.165) is 0 Å². The number of nitrogens with two attached hydrogens (primary N) is 1. The summed E-state index contributed by atoms with van der Waals surface area (Å²) in [6.07, 6.45) is 0. The van der Waals surface area contributed by atoms with Crippen LogP contribution < -0.4 is 5.73 Å². The Morgan fingerprint density at radius 3 is 1.88 bits per heavy atom. The van der Waals surface area contributed by atoms with Gasteiger partial charge in [-0.05, 0) is 11.8 Å². The highest BCUT2D eigenvalue weighted by molar-refractivity contribution is 6.65. The molecule has 0 bridgehead atoms. The monoisotopic (exact) mass is 401 g/mol. The molecule has 1 aliphatic heterocycles. The van der Waals surface area contributed by atoms with Gasteiger partial charge in [0, 0.05) is 13.1 Å². The molecule has 2 N–H and O–H groups in total. The van der Waals surface area contributed by atoms with Crippen LogP contribution in [-0.2, 0) is 0 Å². The maximum absolute atomic E-state index is 6.07. The van der Waals surface area contributed by atoms with Crippen LogP contribution in [0.4, 0.5) is 0 Å². The van der Waals surface area contributed by atoms with E-state index < -0.39 is 18.9 Å². The summed E-state index contributed by atoms with van der Waals surface area (Å²) >= 11 is 47.9. The van der Waals surface area contributed by atoms with Gasteiger partial charge in [-0.15, -0.1) is 16.0 Å². The molecule has 102 valence electrons. The van der Waals surface area contributed by atoms with Crippen LogP contribution in [0.2, 0.25) is 0 Å². The fourth-order valence-corrected chi connectivity index (χ4v) is 3.77. The zero-order chi connectivity index (χ0) is 13.6. The maximum Gasteiger partial charge on any atom is 0.233 e. The summed E-state index contributed by atoms with van der Waals surface area (Å²) in [5.41, 5.74) is 4.36. The second-order valence-corrected chi connectivity index (χ2v) is 7.94. The van der Waals surface area contributed by atoms with Gasteiger partial charge in [0.1, 0.15) is 5.50 Å². The van der Waals surface area contributed by atoms with E-state index >= 15 is 0 Å². The van der Waals surface area contributed by atoms with E-state index in [9.17, 15) is 0 Å². The Balaban J connectivity index is 3.24. The van der Waals surface area contributed by atoms with Gasteiger partial charge in [-0.2, -0.15) is 0 Å². The summed E-state index contributed by atoms with van der Waals surface area (Å²) in [5.74, 6) is 0. The van der Waals surface area contributed by atoms with Crippen molar-refractivity contribution in [3.05, 3.63) is 0 Å². The molecule has 1 heterocycles. The van der Waals surface area contributed by atoms with Crippen molar-refractivity contribution in [3.8, 4) is 0 Å². The van der Waals surface area contributed by atoms with Gasteiger partial charge in [0.25, 0.3) is 0 Å². The minimum Gasteiger partial charge on any atom is -0.329 e. The zero-order valence-corrected chi connectivity index (χ0v) is 14.0. The molecular weight excluding hydrogens is 398 g/mol. The fourth-order valence-electron chi connectivity index (χ4n) is 1.29. The first-order valence-corrected chi connectivity index (χ1v) is 7.26. The first-order valence-electron chi connectivity index (χ1n) is 4.21. The predicted octanol–water partition coefficient (Wildman–Crippen LogP) is 3.68. The number of hydrogen-bond donors (Lipinski definition) is 1. The van der Waals surface area contributed by atoms with Gasteiger partial charge < -0.3 is 5.73 Å². The molecule has 1 atom stereocenters. The topological polar surface area (TPSA) is 32.5 Å². The van der Waals surface area contributed by atoms with Gasteiger partial charge in [-0.1, -0.05) is 69.6 Å². The number of alkyl halides is 7. The lowest BCUT2D eigenvalue weighted by atomic mass is 10.3. The van der Waals surface area contributed by atoms with Crippen LogP contribution >= 0.6 is 93.0 Å². The van der Waals surface area contributed by atoms with E-state index in [1.54, 1.807) is 0 Å². The summed E-state index contributed by atoms with van der Waals surface area (Å²) in [6.45, 7) is 0.370. The first kappa shape index (κ1) is 17.3. The SMILES string of the molecule is NCCN1C(Cl)C(Cl)(Cl)N(Cl)C(Cl)(Cl)C1(Cl)Cl. The van der Waals surface area contributed by atoms with E-state index in [1.807, 2.05) is 0 Å². The van der Waals surface area contributed by atoms with Crippen LogP contribution in [0.15, 0.2) is 0 Å². The molecule has 0 aromatic rings. The van der Waals surface area contributed by atoms with Crippen molar-refractivity contribution in [1.82, 2.24) is 9.32 Å². The van der Waals surface area contributed by atoms with E-state index in [4.69, 9.17) is 98.7 Å². The highest BCUT2D eigenvalue weighted by Gasteiger charge is 2.68. The summed E-state index contributed by atoms with van der Waals surface area (Å²) in [6, 6.07) is 0. The fraction of sp³-hybridized carbons (Fsp3) is 1.00. The summed E-state index contributed by atoms with van der Waals surface area (Å²) in [5, 5.41) is 0. The van der Waals surface area contributed by atoms with Gasteiger partial charge in [0.2, 0.25) is 13.4 Å². The molecule has 0 aromatic carbocycles. The second-order valence-electron chi connectivity index (χ2n) is 3.27. The lowest BCUT2D eigenvalue weighted by Gasteiger charge is -2.55. The van der Waals surface area contributed by atoms with Gasteiger partial charge in [0.05, 0.1) is 0 Å². The third-order valence-corrected chi connectivity index (χ3v) is 6.81. The number of rotatable bonds is 2. The minimum absolute atomic E-state index is 0.175. The second kappa shape index (κ2) is 5.53. The molecule has 1 unspecified atom stereocenters. The normalized spacial score (nSPS) is 32.6. The molecule has 1 saturated heterocycles. The Hall–Kier alpha value is 2.20. The van der Waals surface area contributed by atoms with Crippen molar-refractivity contribution < 1.29 is 0 Å². The van der Waals surface area contributed by atoms with Crippen molar-refractivity contribution in [3.63, 3.8) is 0 Å². The van der Waals surface area contributed by atoms with Gasteiger partial charge >= 0.3 is 0 Å². The van der Waals surface area contributed by atoms with Gasteiger partial charge in [-0.25, -0.2) is 4.90 Å². The van der Waals surface area contributed by atoms with E-state index in [-0.39, 0.29) is 13.1 Å². The Labute approximate surface area is 139 Å². The molecule has 0 radical (unpaired) electrons. The average Bonchev–Trinajstić information content (AvgIpc) is 2.21. The van der Waals surface area contributed by atoms with Gasteiger partial charge in [0.15, 0.2) is 0 Å². The molecular formula is C6H7Cl8N3. The molecule has 3 nitrogen and oxygen atoms in total. The Morgan fingerprint density at radius 2 is 1.47 bits per heavy atom. The number of hydrogen-bond acceptors (Lipinski definition) is 3. The van der Waals surface area contributed by atoms with Crippen LogP contribution in [0.1, 0.15) is 0 Å². The highest BCUT2D eigenvalue weighted by Crippen LogP contribution is 2.59. The van der Waals surface area contributed by atoms with Gasteiger partial charge in [-0.3, -0.25) is 0 Å². The number of nitrogens with zero attached hydrogens (tertiary/aromatic N) is 2. The smallest absolute Gasteiger partial charge is 0.233 e. The highest BCUT2D eigenvalue weighted by atomic mass is 35.5. The molecule has 11 heteroatoms. The third kappa shape index (κ3) is 2.68. The summed E-state index contributed by atoms with van der Waals surface area (Å²) < 4.78 is -4.95. The van der Waals surface area contributed by atoms with E-state index in [0.29, 0.717) is 4.42 Å². The molecule has 0 spiro atoms. The molecule has 0 aromatic heterocycles. The Morgan fingerprint density at radius 1 is 1.00 bits per heavy atom. The molecule has 17 heavy (non-hydrogen) atoms. The van der Waals surface area contributed by atoms with Crippen LogP contribution in [-0.4, -0.2) is 41.3 Å². The average molecular weight is 405 g/mol. The lowest BCUT2D eigenvalue weighted by Crippen LogP contribution is -2.72. The van der Waals surface area contributed by atoms with Crippen molar-refractivity contribution in [2.45, 2.75) is 18.9 Å². The molecule has 1 fully saturated rings. The van der Waals surface area contributed by atoms with Crippen LogP contribution in [0, 0.1) is 0 Å². The molecule has 1 rings (SSSR count). The maximum atomic E-state index is 6.07. The summed E-state index contributed by atoms with van der Waals surface area (Å²) in [4.78, 5) is 1.26. The number of piperazine rings is 1. The molecule has 0 aliphatic carbocycles. The van der Waals surface area contributed by atoms with E-state index in [1.165, 1.54) is 4.90 Å². The third-order valence-electron chi connectivity index (χ3n) is 2.16. The quantitative estimate of drug-likeness (QED) is 0.433. The minimum atomic E-state index is -1.98. The Kier molecular flexibility index (Phi) is 5.61. The molecule has 1 aliphatic rings. The zero-order valence-electron chi connectivity index (χ0n) is 7.99. The molecule has 0 saturated carbocycles. The first-order chi connectivity index (χ1) is 7.51. The van der Waals surface area contributed by atoms with Crippen molar-refractivity contribution in [2.24, 2.45) is 5.73 Å². The standard InChI is InChI=1S/C6H7Cl8N3/c7-3-4(8,9)17(14)6(12,13)5(10,11)16(3)2-1-15/h3H,1-2,15H2. The summed E-state index contributed by atoms with van der Waals surface area (Å²) in [7, 11) is 0. The molecule has 0 amide bonds. The van der Waals surface area contributed by atoms with Crippen LogP contribution in [0.25, 0.3) is 0 Å². The lowest BCUT2D eigenvalue weighted by molar-refractivity contribution is 0.0573. The number of halogens is 8. The largest absolute Gasteiger partial charge is 0.329 e. The Bertz CT molecular complexity index is 295. The van der Waals surface area contributed by atoms with Crippen LogP contribution in [0.5, 0.6) is 0 Å². The van der Waals surface area contributed by atoms with Crippen molar-refractivity contribution in [1.29, 1.82) is 0 Å². The van der Waals surface area contributed by atoms with Crippen molar-refractivity contribution >= 4 is 93.0 Å². The van der Waals surface area contributed by atoms with Crippen molar-refractivity contribution in [2.75, 3.05) is 13.1 Å². The van der Waals surface area contributed by atoms with E-state index in [2.05, 4.69) is 0 Å².